The van der Waals surface area contributed by atoms with E-state index in [2.05, 4.69) is 9.62 Å². The van der Waals surface area contributed by atoms with Crippen molar-refractivity contribution in [2.45, 2.75) is 4.90 Å². The maximum Gasteiger partial charge on any atom is 0.241 e. The highest BCUT2D eigenvalue weighted by molar-refractivity contribution is 7.89. The number of rotatable bonds is 6. The number of methoxy groups -OCH3 is 1. The van der Waals surface area contributed by atoms with E-state index in [1.165, 1.54) is 0 Å². The van der Waals surface area contributed by atoms with Gasteiger partial charge in [-0.05, 0) is 48.5 Å². The topological polar surface area (TPSA) is 79.0 Å². The van der Waals surface area contributed by atoms with Crippen molar-refractivity contribution in [1.82, 2.24) is 9.62 Å². The third-order valence-corrected chi connectivity index (χ3v) is 6.02. The zero-order valence-corrected chi connectivity index (χ0v) is 16.3. The number of sulfonamides is 1. The predicted octanol–water partition coefficient (Wildman–Crippen LogP) is 1.46. The Kier molecular flexibility index (Phi) is 6.15. The van der Waals surface area contributed by atoms with Crippen molar-refractivity contribution in [3.05, 3.63) is 54.3 Å². The lowest BCUT2D eigenvalue weighted by Gasteiger charge is -2.36. The molecule has 0 aromatic heterocycles. The van der Waals surface area contributed by atoms with E-state index in [-0.39, 0.29) is 17.3 Å². The quantitative estimate of drug-likeness (QED) is 0.785. The summed E-state index contributed by atoms with van der Waals surface area (Å²) < 4.78 is 44.8. The number of hydrogen-bond acceptors (Lipinski definition) is 5. The van der Waals surface area contributed by atoms with Crippen molar-refractivity contribution in [3.8, 4) is 5.75 Å². The molecule has 2 aromatic carbocycles. The van der Waals surface area contributed by atoms with Crippen LogP contribution in [0.3, 0.4) is 0 Å². The van der Waals surface area contributed by atoms with E-state index < -0.39 is 15.8 Å². The molecule has 1 amide bonds. The number of nitrogens with zero attached hydrogens (tertiary/aromatic N) is 2. The molecule has 0 aliphatic carbocycles. The molecular weight excluding hydrogens is 385 g/mol. The van der Waals surface area contributed by atoms with Crippen LogP contribution in [0.15, 0.2) is 53.4 Å². The van der Waals surface area contributed by atoms with Gasteiger partial charge in [-0.15, -0.1) is 0 Å². The lowest BCUT2D eigenvalue weighted by Crippen LogP contribution is -2.51. The van der Waals surface area contributed by atoms with Gasteiger partial charge in [0.1, 0.15) is 11.6 Å². The van der Waals surface area contributed by atoms with Crippen LogP contribution in [0, 0.1) is 5.82 Å². The van der Waals surface area contributed by atoms with Gasteiger partial charge in [0.15, 0.2) is 0 Å². The third-order valence-electron chi connectivity index (χ3n) is 4.61. The Hall–Kier alpha value is -2.65. The van der Waals surface area contributed by atoms with Gasteiger partial charge in [-0.2, -0.15) is 0 Å². The number of benzene rings is 2. The number of ether oxygens (including phenoxy) is 1. The smallest absolute Gasteiger partial charge is 0.241 e. The second-order valence-electron chi connectivity index (χ2n) is 6.34. The zero-order valence-electron chi connectivity index (χ0n) is 15.5. The van der Waals surface area contributed by atoms with Crippen LogP contribution in [0.4, 0.5) is 10.1 Å². The minimum atomic E-state index is -3.86. The van der Waals surface area contributed by atoms with E-state index in [9.17, 15) is 17.6 Å². The Labute approximate surface area is 163 Å². The lowest BCUT2D eigenvalue weighted by atomic mass is 10.2. The van der Waals surface area contributed by atoms with Crippen molar-refractivity contribution in [1.29, 1.82) is 0 Å². The summed E-state index contributed by atoms with van der Waals surface area (Å²) in [6.45, 7) is 1.99. The Morgan fingerprint density at radius 3 is 2.21 bits per heavy atom. The molecular formula is C19H22FN3O4S. The summed E-state index contributed by atoms with van der Waals surface area (Å²) in [6.07, 6.45) is 0. The molecule has 2 aromatic rings. The van der Waals surface area contributed by atoms with Crippen LogP contribution in [0.25, 0.3) is 0 Å². The minimum absolute atomic E-state index is 0.0778. The van der Waals surface area contributed by atoms with Crippen LogP contribution in [0.1, 0.15) is 0 Å². The molecule has 0 bridgehead atoms. The van der Waals surface area contributed by atoms with E-state index in [1.807, 2.05) is 24.3 Å². The van der Waals surface area contributed by atoms with E-state index in [0.29, 0.717) is 26.2 Å². The van der Waals surface area contributed by atoms with Gasteiger partial charge in [-0.3, -0.25) is 4.79 Å². The maximum absolute atomic E-state index is 12.9. The molecule has 0 saturated carbocycles. The normalized spacial score (nSPS) is 14.8. The first-order chi connectivity index (χ1) is 13.4. The van der Waals surface area contributed by atoms with E-state index in [4.69, 9.17) is 4.74 Å². The number of halogens is 1. The van der Waals surface area contributed by atoms with E-state index in [0.717, 1.165) is 35.7 Å². The van der Waals surface area contributed by atoms with E-state index >= 15 is 0 Å². The van der Waals surface area contributed by atoms with Gasteiger partial charge in [-0.1, -0.05) is 0 Å². The predicted molar refractivity (Wildman–Crippen MR) is 103 cm³/mol. The largest absolute Gasteiger partial charge is 0.497 e. The van der Waals surface area contributed by atoms with Crippen LogP contribution >= 0.6 is 0 Å². The molecule has 9 heteroatoms. The molecule has 1 aliphatic heterocycles. The van der Waals surface area contributed by atoms with Crippen molar-refractivity contribution in [2.24, 2.45) is 0 Å². The summed E-state index contributed by atoms with van der Waals surface area (Å²) >= 11 is 0. The monoisotopic (exact) mass is 407 g/mol. The molecule has 28 heavy (non-hydrogen) atoms. The molecule has 0 atom stereocenters. The second kappa shape index (κ2) is 8.57. The second-order valence-corrected chi connectivity index (χ2v) is 8.11. The van der Waals surface area contributed by atoms with Gasteiger partial charge in [-0.25, -0.2) is 17.5 Å². The molecule has 1 fully saturated rings. The van der Waals surface area contributed by atoms with Gasteiger partial charge < -0.3 is 14.5 Å². The number of carbonyl (C=O) groups excluding carboxylic acids is 1. The first kappa shape index (κ1) is 20.1. The average Bonchev–Trinajstić information content (AvgIpc) is 2.72. The highest BCUT2D eigenvalue weighted by atomic mass is 32.2. The summed E-state index contributed by atoms with van der Waals surface area (Å²) in [6, 6.07) is 12.2. The SMILES string of the molecule is COc1ccc(N2CCN(C(=O)CNS(=O)(=O)c3ccc(F)cc3)CC2)cc1. The summed E-state index contributed by atoms with van der Waals surface area (Å²) in [5, 5.41) is 0. The Morgan fingerprint density at radius 1 is 1.04 bits per heavy atom. The van der Waals surface area contributed by atoms with Crippen molar-refractivity contribution < 1.29 is 22.3 Å². The molecule has 1 saturated heterocycles. The molecule has 1 heterocycles. The third kappa shape index (κ3) is 4.79. The molecule has 3 rings (SSSR count). The Morgan fingerprint density at radius 2 is 1.64 bits per heavy atom. The van der Waals surface area contributed by atoms with Crippen molar-refractivity contribution >= 4 is 21.6 Å². The fourth-order valence-electron chi connectivity index (χ4n) is 2.97. The van der Waals surface area contributed by atoms with Crippen LogP contribution in [-0.4, -0.2) is 59.1 Å². The number of amides is 1. The Bertz CT molecular complexity index is 909. The van der Waals surface area contributed by atoms with Gasteiger partial charge >= 0.3 is 0 Å². The maximum atomic E-state index is 12.9. The molecule has 150 valence electrons. The molecule has 0 spiro atoms. The fourth-order valence-corrected chi connectivity index (χ4v) is 3.95. The Balaban J connectivity index is 1.51. The molecule has 1 aliphatic rings. The van der Waals surface area contributed by atoms with Gasteiger partial charge in [0.2, 0.25) is 15.9 Å². The van der Waals surface area contributed by atoms with Crippen LogP contribution in [0.2, 0.25) is 0 Å². The number of hydrogen-bond donors (Lipinski definition) is 1. The molecule has 7 nitrogen and oxygen atoms in total. The number of nitrogens with one attached hydrogen (secondary N) is 1. The number of piperazine rings is 1. The average molecular weight is 407 g/mol. The summed E-state index contributed by atoms with van der Waals surface area (Å²) in [5.41, 5.74) is 1.05. The van der Waals surface area contributed by atoms with Gasteiger partial charge in [0, 0.05) is 31.9 Å². The zero-order chi connectivity index (χ0) is 20.1. The summed E-state index contributed by atoms with van der Waals surface area (Å²) in [7, 11) is -2.24. The molecule has 0 radical (unpaired) electrons. The first-order valence-corrected chi connectivity index (χ1v) is 10.3. The van der Waals surface area contributed by atoms with Crippen LogP contribution in [0.5, 0.6) is 5.75 Å². The summed E-state index contributed by atoms with van der Waals surface area (Å²) in [4.78, 5) is 16.1. The molecule has 1 N–H and O–H groups in total. The summed E-state index contributed by atoms with van der Waals surface area (Å²) in [5.74, 6) is -0.0316. The van der Waals surface area contributed by atoms with Gasteiger partial charge in [0.05, 0.1) is 18.6 Å². The highest BCUT2D eigenvalue weighted by Gasteiger charge is 2.23. The fraction of sp³-hybridized carbons (Fsp3) is 0.316. The van der Waals surface area contributed by atoms with Crippen LogP contribution in [-0.2, 0) is 14.8 Å². The standard InChI is InChI=1S/C19H22FN3O4S/c1-27-17-6-4-16(5-7-17)22-10-12-23(13-11-22)19(24)14-21-28(25,26)18-8-2-15(20)3-9-18/h2-9,21H,10-14H2,1H3. The lowest BCUT2D eigenvalue weighted by molar-refractivity contribution is -0.130. The highest BCUT2D eigenvalue weighted by Crippen LogP contribution is 2.20. The minimum Gasteiger partial charge on any atom is -0.497 e. The van der Waals surface area contributed by atoms with Gasteiger partial charge in [0.25, 0.3) is 0 Å². The van der Waals surface area contributed by atoms with Crippen molar-refractivity contribution in [2.75, 3.05) is 44.7 Å². The van der Waals surface area contributed by atoms with E-state index in [1.54, 1.807) is 12.0 Å². The van der Waals surface area contributed by atoms with Crippen LogP contribution < -0.4 is 14.4 Å². The molecule has 0 unspecified atom stereocenters. The number of anilines is 1. The van der Waals surface area contributed by atoms with Crippen molar-refractivity contribution in [3.63, 3.8) is 0 Å². The number of carbonyl (C=O) groups is 1. The first-order valence-electron chi connectivity index (χ1n) is 8.81.